The number of hydrogen-bond acceptors (Lipinski definition) is 5. The van der Waals surface area contributed by atoms with Crippen LogP contribution < -0.4 is 11.0 Å². The van der Waals surface area contributed by atoms with Crippen LogP contribution in [0.3, 0.4) is 0 Å². The van der Waals surface area contributed by atoms with Gasteiger partial charge in [-0.1, -0.05) is 57.9 Å². The highest BCUT2D eigenvalue weighted by molar-refractivity contribution is 9.10. The maximum absolute atomic E-state index is 13.0. The van der Waals surface area contributed by atoms with E-state index in [0.29, 0.717) is 10.2 Å². The van der Waals surface area contributed by atoms with Gasteiger partial charge in [0.1, 0.15) is 11.4 Å². The second kappa shape index (κ2) is 8.73. The summed E-state index contributed by atoms with van der Waals surface area (Å²) in [6, 6.07) is 15.5. The first kappa shape index (κ1) is 20.2. The SMILES string of the molecule is Cc1ccc(-c2csc3ncn(CC(=O)N/N=C/c4ccc(Br)cc4)c(=O)c23)cc1. The second-order valence-corrected chi connectivity index (χ2v) is 8.49. The van der Waals surface area contributed by atoms with Crippen LogP contribution >= 0.6 is 27.3 Å². The number of hydrazone groups is 1. The summed E-state index contributed by atoms with van der Waals surface area (Å²) in [5.74, 6) is -0.404. The summed E-state index contributed by atoms with van der Waals surface area (Å²) in [4.78, 5) is 30.3. The number of hydrogen-bond donors (Lipinski definition) is 1. The average molecular weight is 481 g/mol. The van der Waals surface area contributed by atoms with E-state index in [1.165, 1.54) is 22.2 Å². The summed E-state index contributed by atoms with van der Waals surface area (Å²) in [5, 5.41) is 6.40. The fraction of sp³-hybridized carbons (Fsp3) is 0.0909. The molecule has 30 heavy (non-hydrogen) atoms. The van der Waals surface area contributed by atoms with Crippen LogP contribution in [-0.4, -0.2) is 21.7 Å². The molecule has 2 heterocycles. The summed E-state index contributed by atoms with van der Waals surface area (Å²) < 4.78 is 2.27. The molecule has 0 bridgehead atoms. The van der Waals surface area contributed by atoms with E-state index in [1.54, 1.807) is 6.21 Å². The number of aryl methyl sites for hydroxylation is 1. The van der Waals surface area contributed by atoms with Crippen LogP contribution in [0, 0.1) is 6.92 Å². The maximum Gasteiger partial charge on any atom is 0.263 e. The zero-order valence-corrected chi connectivity index (χ0v) is 18.4. The van der Waals surface area contributed by atoms with Crippen LogP contribution in [-0.2, 0) is 11.3 Å². The number of carbonyl (C=O) groups excluding carboxylic acids is 1. The molecule has 0 saturated carbocycles. The molecule has 0 radical (unpaired) electrons. The summed E-state index contributed by atoms with van der Waals surface area (Å²) in [6.07, 6.45) is 2.95. The summed E-state index contributed by atoms with van der Waals surface area (Å²) >= 11 is 4.78. The number of aromatic nitrogens is 2. The van der Waals surface area contributed by atoms with Gasteiger partial charge in [0.25, 0.3) is 11.5 Å². The van der Waals surface area contributed by atoms with Crippen LogP contribution in [0.4, 0.5) is 0 Å². The molecule has 2 aromatic carbocycles. The van der Waals surface area contributed by atoms with E-state index in [1.807, 2.05) is 60.8 Å². The van der Waals surface area contributed by atoms with Gasteiger partial charge in [0.05, 0.1) is 17.9 Å². The highest BCUT2D eigenvalue weighted by atomic mass is 79.9. The Morgan fingerprint density at radius 1 is 1.20 bits per heavy atom. The Hall–Kier alpha value is -3.10. The van der Waals surface area contributed by atoms with Crippen LogP contribution in [0.2, 0.25) is 0 Å². The van der Waals surface area contributed by atoms with E-state index in [-0.39, 0.29) is 12.1 Å². The van der Waals surface area contributed by atoms with Crippen molar-refractivity contribution in [2.75, 3.05) is 0 Å². The molecular formula is C22H17BrN4O2S. The Balaban J connectivity index is 1.54. The molecule has 1 amide bonds. The van der Waals surface area contributed by atoms with Gasteiger partial charge < -0.3 is 0 Å². The van der Waals surface area contributed by atoms with Crippen molar-refractivity contribution in [3.63, 3.8) is 0 Å². The molecule has 6 nitrogen and oxygen atoms in total. The van der Waals surface area contributed by atoms with E-state index in [4.69, 9.17) is 0 Å². The van der Waals surface area contributed by atoms with Gasteiger partial charge >= 0.3 is 0 Å². The zero-order chi connectivity index (χ0) is 21.1. The second-order valence-electron chi connectivity index (χ2n) is 6.72. The van der Waals surface area contributed by atoms with Crippen molar-refractivity contribution in [3.05, 3.63) is 86.2 Å². The van der Waals surface area contributed by atoms with Crippen LogP contribution in [0.5, 0.6) is 0 Å². The summed E-state index contributed by atoms with van der Waals surface area (Å²) in [6.45, 7) is 1.85. The molecule has 0 unspecified atom stereocenters. The number of nitrogens with zero attached hydrogens (tertiary/aromatic N) is 3. The number of nitrogens with one attached hydrogen (secondary N) is 1. The molecule has 1 N–H and O–H groups in total. The molecule has 0 aliphatic heterocycles. The van der Waals surface area contributed by atoms with Crippen molar-refractivity contribution in [2.24, 2.45) is 5.10 Å². The highest BCUT2D eigenvalue weighted by Crippen LogP contribution is 2.30. The summed E-state index contributed by atoms with van der Waals surface area (Å²) in [7, 11) is 0. The lowest BCUT2D eigenvalue weighted by molar-refractivity contribution is -0.121. The molecule has 0 aliphatic carbocycles. The van der Waals surface area contributed by atoms with E-state index < -0.39 is 5.91 Å². The van der Waals surface area contributed by atoms with E-state index in [2.05, 4.69) is 31.4 Å². The lowest BCUT2D eigenvalue weighted by Gasteiger charge is -2.05. The standard InChI is InChI=1S/C22H17BrN4O2S/c1-14-2-6-16(7-3-14)18-12-30-21-20(18)22(29)27(13-24-21)11-19(28)26-25-10-15-4-8-17(23)9-5-15/h2-10,12-13H,11H2,1H3,(H,26,28)/b25-10+. The van der Waals surface area contributed by atoms with Gasteiger partial charge in [-0.05, 0) is 30.2 Å². The Morgan fingerprint density at radius 2 is 1.93 bits per heavy atom. The fourth-order valence-corrected chi connectivity index (χ4v) is 4.11. The fourth-order valence-electron chi connectivity index (χ4n) is 2.94. The van der Waals surface area contributed by atoms with Crippen LogP contribution in [0.15, 0.2) is 74.6 Å². The third-order valence-corrected chi connectivity index (χ3v) is 5.93. The number of carbonyl (C=O) groups is 1. The van der Waals surface area contributed by atoms with Gasteiger partial charge in [0.2, 0.25) is 0 Å². The molecule has 0 fully saturated rings. The molecule has 150 valence electrons. The molecular weight excluding hydrogens is 464 g/mol. The van der Waals surface area contributed by atoms with Gasteiger partial charge in [0, 0.05) is 15.4 Å². The van der Waals surface area contributed by atoms with Crippen molar-refractivity contribution in [1.29, 1.82) is 0 Å². The lowest BCUT2D eigenvalue weighted by Crippen LogP contribution is -2.30. The number of rotatable bonds is 5. The van der Waals surface area contributed by atoms with Crippen molar-refractivity contribution < 1.29 is 4.79 Å². The largest absolute Gasteiger partial charge is 0.289 e. The molecule has 0 spiro atoms. The van der Waals surface area contributed by atoms with Gasteiger partial charge in [-0.3, -0.25) is 14.2 Å². The lowest BCUT2D eigenvalue weighted by atomic mass is 10.1. The Bertz CT molecular complexity index is 1290. The first-order valence-electron chi connectivity index (χ1n) is 9.12. The Kier molecular flexibility index (Phi) is 5.87. The summed E-state index contributed by atoms with van der Waals surface area (Å²) in [5.41, 5.74) is 5.98. The van der Waals surface area contributed by atoms with Crippen molar-refractivity contribution in [1.82, 2.24) is 15.0 Å². The molecule has 0 aliphatic rings. The van der Waals surface area contributed by atoms with Crippen LogP contribution in [0.1, 0.15) is 11.1 Å². The molecule has 0 atom stereocenters. The van der Waals surface area contributed by atoms with Crippen molar-refractivity contribution in [2.45, 2.75) is 13.5 Å². The monoisotopic (exact) mass is 480 g/mol. The zero-order valence-electron chi connectivity index (χ0n) is 16.0. The smallest absolute Gasteiger partial charge is 0.263 e. The predicted molar refractivity (Wildman–Crippen MR) is 124 cm³/mol. The minimum absolute atomic E-state index is 0.164. The number of amides is 1. The van der Waals surface area contributed by atoms with E-state index >= 15 is 0 Å². The quantitative estimate of drug-likeness (QED) is 0.340. The Morgan fingerprint density at radius 3 is 2.67 bits per heavy atom. The Labute approximate surface area is 185 Å². The molecule has 4 aromatic rings. The van der Waals surface area contributed by atoms with Gasteiger partial charge in [-0.15, -0.1) is 11.3 Å². The predicted octanol–water partition coefficient (Wildman–Crippen LogP) is 4.35. The number of fused-ring (bicyclic) bond motifs is 1. The first-order valence-corrected chi connectivity index (χ1v) is 10.8. The molecule has 4 rings (SSSR count). The number of benzene rings is 2. The van der Waals surface area contributed by atoms with E-state index in [9.17, 15) is 9.59 Å². The van der Waals surface area contributed by atoms with E-state index in [0.717, 1.165) is 26.7 Å². The molecule has 2 aromatic heterocycles. The molecule has 0 saturated heterocycles. The third kappa shape index (κ3) is 4.39. The van der Waals surface area contributed by atoms with Crippen molar-refractivity contribution >= 4 is 49.6 Å². The maximum atomic E-state index is 13.0. The minimum Gasteiger partial charge on any atom is -0.289 e. The number of halogens is 1. The van der Waals surface area contributed by atoms with Gasteiger partial charge in [-0.2, -0.15) is 5.10 Å². The van der Waals surface area contributed by atoms with Crippen molar-refractivity contribution in [3.8, 4) is 11.1 Å². The van der Waals surface area contributed by atoms with Gasteiger partial charge in [0.15, 0.2) is 0 Å². The highest BCUT2D eigenvalue weighted by Gasteiger charge is 2.14. The number of thiophene rings is 1. The normalized spacial score (nSPS) is 11.3. The van der Waals surface area contributed by atoms with Gasteiger partial charge in [-0.25, -0.2) is 10.4 Å². The average Bonchev–Trinajstić information content (AvgIpc) is 3.17. The first-order chi connectivity index (χ1) is 14.5. The van der Waals surface area contributed by atoms with Crippen LogP contribution in [0.25, 0.3) is 21.3 Å². The molecule has 8 heteroatoms. The topological polar surface area (TPSA) is 76.3 Å². The third-order valence-electron chi connectivity index (χ3n) is 4.51. The minimum atomic E-state index is -0.404.